The maximum atomic E-state index is 11.0. The third-order valence-electron chi connectivity index (χ3n) is 3.53. The molecule has 0 saturated heterocycles. The number of nitro groups is 1. The molecule has 0 radical (unpaired) electrons. The summed E-state index contributed by atoms with van der Waals surface area (Å²) in [5, 5.41) is 13.9. The van der Waals surface area contributed by atoms with Crippen LogP contribution in [0.5, 0.6) is 0 Å². The van der Waals surface area contributed by atoms with Gasteiger partial charge in [0.2, 0.25) is 0 Å². The van der Waals surface area contributed by atoms with E-state index in [1.165, 1.54) is 0 Å². The molecule has 0 aliphatic heterocycles. The fourth-order valence-electron chi connectivity index (χ4n) is 2.37. The summed E-state index contributed by atoms with van der Waals surface area (Å²) in [4.78, 5) is 12.9. The van der Waals surface area contributed by atoms with Gasteiger partial charge in [0.1, 0.15) is 5.69 Å². The van der Waals surface area contributed by atoms with E-state index in [9.17, 15) is 10.1 Å². The van der Waals surface area contributed by atoms with Crippen LogP contribution >= 0.6 is 0 Å². The van der Waals surface area contributed by atoms with E-state index in [1.807, 2.05) is 6.07 Å². The van der Waals surface area contributed by atoms with E-state index < -0.39 is 0 Å². The number of benzene rings is 1. The van der Waals surface area contributed by atoms with Crippen LogP contribution < -0.4 is 5.32 Å². The van der Waals surface area contributed by atoms with Gasteiger partial charge in [0.15, 0.2) is 0 Å². The lowest BCUT2D eigenvalue weighted by atomic mass is 10.1. The first-order valence-electron chi connectivity index (χ1n) is 6.68. The van der Waals surface area contributed by atoms with E-state index in [0.717, 1.165) is 24.9 Å². The van der Waals surface area contributed by atoms with Crippen molar-refractivity contribution in [2.24, 2.45) is 0 Å². The van der Waals surface area contributed by atoms with E-state index in [-0.39, 0.29) is 10.6 Å². The Morgan fingerprint density at radius 3 is 2.47 bits per heavy atom. The number of hydrogen-bond donors (Lipinski definition) is 1. The number of nitrogens with one attached hydrogen (secondary N) is 1. The van der Waals surface area contributed by atoms with Gasteiger partial charge in [-0.25, -0.2) is 0 Å². The van der Waals surface area contributed by atoms with Gasteiger partial charge in [0.25, 0.3) is 5.69 Å². The summed E-state index contributed by atoms with van der Waals surface area (Å²) < 4.78 is 0. The van der Waals surface area contributed by atoms with Gasteiger partial charge in [-0.05, 0) is 31.5 Å². The average Bonchev–Trinajstić information content (AvgIpc) is 2.40. The minimum absolute atomic E-state index is 0.137. The van der Waals surface area contributed by atoms with Gasteiger partial charge in [0, 0.05) is 25.7 Å². The van der Waals surface area contributed by atoms with Crippen LogP contribution in [0.4, 0.5) is 11.4 Å². The molecular formula is C14H23N3O2. The van der Waals surface area contributed by atoms with Crippen LogP contribution in [-0.2, 0) is 6.54 Å². The smallest absolute Gasteiger partial charge is 0.292 e. The summed E-state index contributed by atoms with van der Waals surface area (Å²) in [7, 11) is 3.76. The van der Waals surface area contributed by atoms with Crippen molar-refractivity contribution in [3.05, 3.63) is 33.9 Å². The topological polar surface area (TPSA) is 58.4 Å². The number of anilines is 1. The van der Waals surface area contributed by atoms with Gasteiger partial charge in [-0.1, -0.05) is 19.9 Å². The fourth-order valence-corrected chi connectivity index (χ4v) is 2.37. The van der Waals surface area contributed by atoms with Crippen LogP contribution in [0.1, 0.15) is 32.3 Å². The summed E-state index contributed by atoms with van der Waals surface area (Å²) in [6.45, 7) is 5.06. The molecule has 0 saturated carbocycles. The van der Waals surface area contributed by atoms with E-state index in [0.29, 0.717) is 11.7 Å². The van der Waals surface area contributed by atoms with Crippen LogP contribution in [0.25, 0.3) is 0 Å². The first-order chi connectivity index (χ1) is 9.03. The van der Waals surface area contributed by atoms with Crippen molar-refractivity contribution < 1.29 is 4.92 Å². The van der Waals surface area contributed by atoms with Crippen molar-refractivity contribution in [3.8, 4) is 0 Å². The quantitative estimate of drug-likeness (QED) is 0.607. The summed E-state index contributed by atoms with van der Waals surface area (Å²) in [5.41, 5.74) is 1.66. The van der Waals surface area contributed by atoms with Crippen LogP contribution in [0.2, 0.25) is 0 Å². The molecule has 1 aromatic rings. The molecule has 0 heterocycles. The summed E-state index contributed by atoms with van der Waals surface area (Å²) in [6.07, 6.45) is 2.17. The standard InChI is InChI=1S/C14H23N3O2/c1-5-12(6-2)16(4)10-11-7-8-13(15-3)14(9-11)17(18)19/h7-9,12,15H,5-6,10H2,1-4H3. The Bertz CT molecular complexity index is 431. The Balaban J connectivity index is 2.90. The van der Waals surface area contributed by atoms with Gasteiger partial charge in [-0.3, -0.25) is 15.0 Å². The monoisotopic (exact) mass is 265 g/mol. The number of nitro benzene ring substituents is 1. The molecule has 0 aliphatic carbocycles. The normalized spacial score (nSPS) is 11.1. The number of nitrogens with zero attached hydrogens (tertiary/aromatic N) is 2. The molecular weight excluding hydrogens is 242 g/mol. The summed E-state index contributed by atoms with van der Waals surface area (Å²) in [6, 6.07) is 5.89. The molecule has 5 nitrogen and oxygen atoms in total. The maximum Gasteiger partial charge on any atom is 0.292 e. The zero-order chi connectivity index (χ0) is 14.4. The first kappa shape index (κ1) is 15.4. The summed E-state index contributed by atoms with van der Waals surface area (Å²) >= 11 is 0. The zero-order valence-corrected chi connectivity index (χ0v) is 12.1. The molecule has 5 heteroatoms. The molecule has 0 unspecified atom stereocenters. The SMILES string of the molecule is CCC(CC)N(C)Cc1ccc(NC)c([N+](=O)[O-])c1. The Kier molecular flexibility index (Phi) is 5.76. The van der Waals surface area contributed by atoms with E-state index in [2.05, 4.69) is 31.1 Å². The lowest BCUT2D eigenvalue weighted by Crippen LogP contribution is -2.29. The second kappa shape index (κ2) is 7.09. The lowest BCUT2D eigenvalue weighted by molar-refractivity contribution is -0.384. The van der Waals surface area contributed by atoms with Crippen molar-refractivity contribution in [3.63, 3.8) is 0 Å². The highest BCUT2D eigenvalue weighted by Gasteiger charge is 2.16. The first-order valence-corrected chi connectivity index (χ1v) is 6.68. The van der Waals surface area contributed by atoms with Crippen LogP contribution in [-0.4, -0.2) is 30.0 Å². The molecule has 1 rings (SSSR count). The van der Waals surface area contributed by atoms with Crippen LogP contribution in [0.3, 0.4) is 0 Å². The zero-order valence-electron chi connectivity index (χ0n) is 12.1. The largest absolute Gasteiger partial charge is 0.383 e. The highest BCUT2D eigenvalue weighted by atomic mass is 16.6. The molecule has 0 aromatic heterocycles. The summed E-state index contributed by atoms with van der Waals surface area (Å²) in [5.74, 6) is 0. The average molecular weight is 265 g/mol. The molecule has 1 aromatic carbocycles. The van der Waals surface area contributed by atoms with Gasteiger partial charge in [0.05, 0.1) is 4.92 Å². The fraction of sp³-hybridized carbons (Fsp3) is 0.571. The number of rotatable bonds is 7. The lowest BCUT2D eigenvalue weighted by Gasteiger charge is -2.26. The predicted octanol–water partition coefficient (Wildman–Crippen LogP) is 3.26. The molecule has 0 spiro atoms. The minimum atomic E-state index is -0.341. The Hall–Kier alpha value is -1.62. The third kappa shape index (κ3) is 3.92. The molecule has 0 aliphatic rings. The Morgan fingerprint density at radius 1 is 1.37 bits per heavy atom. The predicted molar refractivity (Wildman–Crippen MR) is 78.5 cm³/mol. The number of hydrogen-bond acceptors (Lipinski definition) is 4. The van der Waals surface area contributed by atoms with Crippen molar-refractivity contribution in [1.82, 2.24) is 4.90 Å². The van der Waals surface area contributed by atoms with Gasteiger partial charge >= 0.3 is 0 Å². The Labute approximate surface area is 114 Å². The minimum Gasteiger partial charge on any atom is -0.383 e. The molecule has 19 heavy (non-hydrogen) atoms. The van der Waals surface area contributed by atoms with Gasteiger partial charge in [-0.2, -0.15) is 0 Å². The van der Waals surface area contributed by atoms with E-state index in [4.69, 9.17) is 0 Å². The highest BCUT2D eigenvalue weighted by Crippen LogP contribution is 2.26. The second-order valence-electron chi connectivity index (χ2n) is 4.74. The van der Waals surface area contributed by atoms with E-state index >= 15 is 0 Å². The van der Waals surface area contributed by atoms with Crippen molar-refractivity contribution in [1.29, 1.82) is 0 Å². The molecule has 0 atom stereocenters. The second-order valence-corrected chi connectivity index (χ2v) is 4.74. The van der Waals surface area contributed by atoms with Crippen LogP contribution in [0.15, 0.2) is 18.2 Å². The van der Waals surface area contributed by atoms with Crippen molar-refractivity contribution >= 4 is 11.4 Å². The molecule has 0 fully saturated rings. The van der Waals surface area contributed by atoms with Gasteiger partial charge in [-0.15, -0.1) is 0 Å². The molecule has 106 valence electrons. The van der Waals surface area contributed by atoms with Crippen molar-refractivity contribution in [2.75, 3.05) is 19.4 Å². The van der Waals surface area contributed by atoms with Crippen LogP contribution in [0, 0.1) is 10.1 Å². The molecule has 0 bridgehead atoms. The maximum absolute atomic E-state index is 11.0. The Morgan fingerprint density at radius 2 is 2.00 bits per heavy atom. The van der Waals surface area contributed by atoms with E-state index in [1.54, 1.807) is 19.2 Å². The third-order valence-corrected chi connectivity index (χ3v) is 3.53. The van der Waals surface area contributed by atoms with Crippen molar-refractivity contribution in [2.45, 2.75) is 39.3 Å². The molecule has 0 amide bonds. The molecule has 1 N–H and O–H groups in total. The highest BCUT2D eigenvalue weighted by molar-refractivity contribution is 5.62. The van der Waals surface area contributed by atoms with Gasteiger partial charge < -0.3 is 5.32 Å².